The van der Waals surface area contributed by atoms with Crippen molar-refractivity contribution in [2.45, 2.75) is 110 Å². The van der Waals surface area contributed by atoms with Gasteiger partial charge in [0.2, 0.25) is 5.91 Å². The first-order valence-electron chi connectivity index (χ1n) is 20.0. The molecule has 6 nitrogen and oxygen atoms in total. The van der Waals surface area contributed by atoms with Crippen LogP contribution in [-0.2, 0) is 15.6 Å². The van der Waals surface area contributed by atoms with Gasteiger partial charge in [0.25, 0.3) is 5.91 Å². The highest BCUT2D eigenvalue weighted by molar-refractivity contribution is 6.07. The molecule has 0 atom stereocenters. The summed E-state index contributed by atoms with van der Waals surface area (Å²) in [6.07, 6.45) is 34.7. The third kappa shape index (κ3) is 16.2. The number of fused-ring (bicyclic) bond motifs is 1. The lowest BCUT2D eigenvalue weighted by atomic mass is 9.63. The Morgan fingerprint density at radius 3 is 1.78 bits per heavy atom. The number of carbonyl (C=O) groups is 3. The van der Waals surface area contributed by atoms with Crippen LogP contribution in [0.3, 0.4) is 0 Å². The van der Waals surface area contributed by atoms with E-state index in [9.17, 15) is 14.4 Å². The van der Waals surface area contributed by atoms with Gasteiger partial charge in [-0.05, 0) is 110 Å². The summed E-state index contributed by atoms with van der Waals surface area (Å²) in [5, 5.41) is 9.12. The fraction of sp³-hybridized carbons (Fsp3) is 0.438. The van der Waals surface area contributed by atoms with E-state index in [4.69, 9.17) is 0 Å². The number of amides is 2. The molecule has 0 aliphatic heterocycles. The van der Waals surface area contributed by atoms with Crippen molar-refractivity contribution in [2.75, 3.05) is 26.2 Å². The molecular weight excluding hydrogens is 667 g/mol. The highest BCUT2D eigenvalue weighted by atomic mass is 16.2. The van der Waals surface area contributed by atoms with Crippen LogP contribution < -0.4 is 16.0 Å². The number of rotatable bonds is 23. The summed E-state index contributed by atoms with van der Waals surface area (Å²) in [5.74, 6) is -0.112. The molecule has 3 rings (SSSR count). The summed E-state index contributed by atoms with van der Waals surface area (Å²) >= 11 is 0. The highest BCUT2D eigenvalue weighted by Gasteiger charge is 2.37. The zero-order valence-electron chi connectivity index (χ0n) is 33.6. The van der Waals surface area contributed by atoms with Crippen molar-refractivity contribution < 1.29 is 14.4 Å². The van der Waals surface area contributed by atoms with Crippen molar-refractivity contribution in [2.24, 2.45) is 0 Å². The summed E-state index contributed by atoms with van der Waals surface area (Å²) in [6, 6.07) is 13.4. The Bertz CT molecular complexity index is 1650. The average Bonchev–Trinajstić information content (AvgIpc) is 3.16. The van der Waals surface area contributed by atoms with Crippen molar-refractivity contribution in [1.29, 1.82) is 0 Å². The Morgan fingerprint density at radius 1 is 0.630 bits per heavy atom. The summed E-state index contributed by atoms with van der Waals surface area (Å²) in [7, 11) is 0. The SMILES string of the molecule is CCC=CCC=CCC=CCC=CCC=CCCCC(=O)NCCNCCNC(=O)c1ccc(C=CC(=O)c2ccc3c(c2)C(C)(C)CCC3(C)C)cc1. The summed E-state index contributed by atoms with van der Waals surface area (Å²) in [6.45, 7) is 13.5. The molecule has 2 amide bonds. The van der Waals surface area contributed by atoms with Crippen LogP contribution in [0.15, 0.2) is 109 Å². The maximum absolute atomic E-state index is 13.1. The van der Waals surface area contributed by atoms with Crippen LogP contribution in [0.5, 0.6) is 0 Å². The van der Waals surface area contributed by atoms with Gasteiger partial charge in [-0.1, -0.05) is 126 Å². The lowest BCUT2D eigenvalue weighted by Crippen LogP contribution is -2.36. The number of allylic oxidation sites excluding steroid dienone is 11. The van der Waals surface area contributed by atoms with Crippen molar-refractivity contribution in [1.82, 2.24) is 16.0 Å². The molecule has 0 unspecified atom stereocenters. The number of hydrogen-bond acceptors (Lipinski definition) is 4. The van der Waals surface area contributed by atoms with Gasteiger partial charge in [0.15, 0.2) is 5.78 Å². The number of carbonyl (C=O) groups excluding carboxylic acids is 3. The minimum Gasteiger partial charge on any atom is -0.355 e. The molecule has 1 aliphatic carbocycles. The standard InChI is InChI=1S/C48H65N3O3/c1-6-7-8-9-10-11-12-13-14-15-16-17-18-19-20-21-22-23-45(53)50-36-34-49-35-37-51-46(54)40-27-24-39(25-28-40)26-31-44(52)41-29-30-42-43(38-41)48(4,5)33-32-47(42,2)3/h7-8,10-11,13-14,16-17,19-20,24-31,38,49H,6,9,12,15,18,21-23,32-37H2,1-5H3,(H,50,53)(H,51,54). The second kappa shape index (κ2) is 24.0. The van der Waals surface area contributed by atoms with E-state index in [2.05, 4.69) is 123 Å². The summed E-state index contributed by atoms with van der Waals surface area (Å²) < 4.78 is 0. The predicted molar refractivity (Wildman–Crippen MR) is 228 cm³/mol. The molecule has 0 aromatic heterocycles. The first kappa shape index (κ1) is 43.9. The molecule has 0 fully saturated rings. The summed E-state index contributed by atoms with van der Waals surface area (Å²) in [5.41, 5.74) is 4.91. The van der Waals surface area contributed by atoms with Crippen molar-refractivity contribution >= 4 is 23.7 Å². The highest BCUT2D eigenvalue weighted by Crippen LogP contribution is 2.45. The first-order chi connectivity index (χ1) is 26.0. The molecule has 0 spiro atoms. The zero-order chi connectivity index (χ0) is 39.1. The smallest absolute Gasteiger partial charge is 0.251 e. The fourth-order valence-corrected chi connectivity index (χ4v) is 6.37. The lowest BCUT2D eigenvalue weighted by Gasteiger charge is -2.42. The van der Waals surface area contributed by atoms with Gasteiger partial charge in [-0.3, -0.25) is 14.4 Å². The molecule has 2 aromatic carbocycles. The van der Waals surface area contributed by atoms with Gasteiger partial charge in [-0.2, -0.15) is 0 Å². The van der Waals surface area contributed by atoms with Gasteiger partial charge in [0.05, 0.1) is 0 Å². The topological polar surface area (TPSA) is 87.3 Å². The monoisotopic (exact) mass is 732 g/mol. The Balaban J connectivity index is 1.21. The summed E-state index contributed by atoms with van der Waals surface area (Å²) in [4.78, 5) is 37.8. The van der Waals surface area contributed by atoms with Crippen LogP contribution >= 0.6 is 0 Å². The fourth-order valence-electron chi connectivity index (χ4n) is 6.37. The van der Waals surface area contributed by atoms with Crippen LogP contribution in [0.2, 0.25) is 0 Å². The molecule has 2 aromatic rings. The Morgan fingerprint density at radius 2 is 1.17 bits per heavy atom. The third-order valence-corrected chi connectivity index (χ3v) is 9.88. The minimum absolute atomic E-state index is 0.0249. The molecule has 0 radical (unpaired) electrons. The van der Waals surface area contributed by atoms with E-state index in [0.717, 1.165) is 63.4 Å². The van der Waals surface area contributed by atoms with E-state index in [1.54, 1.807) is 24.3 Å². The predicted octanol–water partition coefficient (Wildman–Crippen LogP) is 10.3. The van der Waals surface area contributed by atoms with Gasteiger partial charge in [-0.15, -0.1) is 0 Å². The Labute approximate surface area is 326 Å². The van der Waals surface area contributed by atoms with Crippen molar-refractivity contribution in [3.05, 3.63) is 137 Å². The van der Waals surface area contributed by atoms with E-state index in [1.807, 2.05) is 18.2 Å². The molecule has 290 valence electrons. The average molecular weight is 732 g/mol. The molecule has 54 heavy (non-hydrogen) atoms. The quantitative estimate of drug-likeness (QED) is 0.0460. The number of benzene rings is 2. The van der Waals surface area contributed by atoms with Crippen LogP contribution in [0.4, 0.5) is 0 Å². The molecule has 1 aliphatic rings. The van der Waals surface area contributed by atoms with Crippen molar-refractivity contribution in [3.8, 4) is 0 Å². The molecule has 0 bridgehead atoms. The van der Waals surface area contributed by atoms with Crippen LogP contribution in [0.25, 0.3) is 6.08 Å². The third-order valence-electron chi connectivity index (χ3n) is 9.88. The minimum atomic E-state index is -0.149. The van der Waals surface area contributed by atoms with Crippen LogP contribution in [-0.4, -0.2) is 43.8 Å². The van der Waals surface area contributed by atoms with Crippen LogP contribution in [0, 0.1) is 0 Å². The van der Waals surface area contributed by atoms with E-state index < -0.39 is 0 Å². The van der Waals surface area contributed by atoms with Crippen LogP contribution in [0.1, 0.15) is 136 Å². The Kier molecular flexibility index (Phi) is 19.5. The van der Waals surface area contributed by atoms with Crippen molar-refractivity contribution in [3.63, 3.8) is 0 Å². The molecular formula is C48H65N3O3. The lowest BCUT2D eigenvalue weighted by molar-refractivity contribution is -0.121. The number of hydrogen-bond donors (Lipinski definition) is 3. The normalized spacial score (nSPS) is 15.3. The number of unbranched alkanes of at least 4 members (excludes halogenated alkanes) is 1. The maximum Gasteiger partial charge on any atom is 0.251 e. The van der Waals surface area contributed by atoms with Gasteiger partial charge in [0, 0.05) is 43.7 Å². The largest absolute Gasteiger partial charge is 0.355 e. The number of nitrogens with one attached hydrogen (secondary N) is 3. The Hall–Kier alpha value is -4.55. The van der Waals surface area contributed by atoms with E-state index in [1.165, 1.54) is 11.1 Å². The van der Waals surface area contributed by atoms with Gasteiger partial charge in [0.1, 0.15) is 0 Å². The molecule has 6 heteroatoms. The zero-order valence-corrected chi connectivity index (χ0v) is 33.6. The van der Waals surface area contributed by atoms with E-state index in [-0.39, 0.29) is 28.4 Å². The molecule has 0 saturated carbocycles. The maximum atomic E-state index is 13.1. The van der Waals surface area contributed by atoms with Gasteiger partial charge in [-0.25, -0.2) is 0 Å². The number of ketones is 1. The van der Waals surface area contributed by atoms with Gasteiger partial charge < -0.3 is 16.0 Å². The second-order valence-corrected chi connectivity index (χ2v) is 15.3. The molecule has 0 heterocycles. The second-order valence-electron chi connectivity index (χ2n) is 15.3. The van der Waals surface area contributed by atoms with E-state index in [0.29, 0.717) is 43.7 Å². The van der Waals surface area contributed by atoms with Gasteiger partial charge >= 0.3 is 0 Å². The van der Waals surface area contributed by atoms with E-state index >= 15 is 0 Å². The molecule has 3 N–H and O–H groups in total. The molecule has 0 saturated heterocycles. The first-order valence-corrected chi connectivity index (χ1v) is 20.0.